The fourth-order valence-electron chi connectivity index (χ4n) is 1.96. The van der Waals surface area contributed by atoms with Gasteiger partial charge in [0.25, 0.3) is 0 Å². The van der Waals surface area contributed by atoms with Gasteiger partial charge < -0.3 is 15.1 Å². The van der Waals surface area contributed by atoms with E-state index in [4.69, 9.17) is 0 Å². The zero-order valence-corrected chi connectivity index (χ0v) is 11.9. The van der Waals surface area contributed by atoms with E-state index >= 15 is 0 Å². The van der Waals surface area contributed by atoms with Crippen molar-refractivity contribution in [3.63, 3.8) is 0 Å². The lowest BCUT2D eigenvalue weighted by molar-refractivity contribution is 0.214. The Morgan fingerprint density at radius 3 is 2.19 bits per heavy atom. The van der Waals surface area contributed by atoms with E-state index in [1.54, 1.807) is 0 Å². The van der Waals surface area contributed by atoms with Gasteiger partial charge in [-0.15, -0.1) is 0 Å². The number of hydrogen-bond acceptors (Lipinski definition) is 3. The third-order valence-electron chi connectivity index (χ3n) is 3.09. The molecule has 0 spiro atoms. The second-order valence-corrected chi connectivity index (χ2v) is 4.84. The highest BCUT2D eigenvalue weighted by Crippen LogP contribution is 1.99. The van der Waals surface area contributed by atoms with Gasteiger partial charge in [-0.05, 0) is 73.5 Å². The predicted octanol–water partition coefficient (Wildman–Crippen LogP) is 1.65. The first-order valence-corrected chi connectivity index (χ1v) is 6.69. The van der Waals surface area contributed by atoms with Crippen LogP contribution in [0.15, 0.2) is 0 Å². The van der Waals surface area contributed by atoms with Crippen molar-refractivity contribution in [1.29, 1.82) is 0 Å². The van der Waals surface area contributed by atoms with E-state index in [1.807, 2.05) is 7.05 Å². The highest BCUT2D eigenvalue weighted by atomic mass is 15.1. The molecule has 0 fully saturated rings. The predicted molar refractivity (Wildman–Crippen MR) is 73.0 cm³/mol. The molecule has 3 heteroatoms. The van der Waals surface area contributed by atoms with Gasteiger partial charge in [0.15, 0.2) is 0 Å². The summed E-state index contributed by atoms with van der Waals surface area (Å²) in [6, 6.07) is 0.680. The lowest BCUT2D eigenvalue weighted by atomic mass is 10.2. The van der Waals surface area contributed by atoms with Crippen molar-refractivity contribution in [3.05, 3.63) is 0 Å². The standard InChI is InChI=1S/C13H31N3/c1-6-16(13(2)3)12-8-11-15(5)10-7-9-14-4/h13-14H,6-12H2,1-5H3. The zero-order valence-electron chi connectivity index (χ0n) is 11.9. The van der Waals surface area contributed by atoms with Crippen molar-refractivity contribution < 1.29 is 0 Å². The quantitative estimate of drug-likeness (QED) is 0.575. The number of hydrogen-bond donors (Lipinski definition) is 1. The monoisotopic (exact) mass is 229 g/mol. The summed E-state index contributed by atoms with van der Waals surface area (Å²) in [5.41, 5.74) is 0. The van der Waals surface area contributed by atoms with Gasteiger partial charge in [-0.25, -0.2) is 0 Å². The fraction of sp³-hybridized carbons (Fsp3) is 1.00. The second-order valence-electron chi connectivity index (χ2n) is 4.84. The average molecular weight is 229 g/mol. The molecule has 0 heterocycles. The minimum absolute atomic E-state index is 0.680. The fourth-order valence-corrected chi connectivity index (χ4v) is 1.96. The Morgan fingerprint density at radius 2 is 1.69 bits per heavy atom. The third kappa shape index (κ3) is 8.08. The van der Waals surface area contributed by atoms with Gasteiger partial charge in [-0.1, -0.05) is 6.92 Å². The molecule has 3 nitrogen and oxygen atoms in total. The van der Waals surface area contributed by atoms with Crippen LogP contribution in [0.1, 0.15) is 33.6 Å². The van der Waals surface area contributed by atoms with E-state index in [0.717, 1.165) is 6.54 Å². The van der Waals surface area contributed by atoms with Gasteiger partial charge in [0.2, 0.25) is 0 Å². The van der Waals surface area contributed by atoms with Gasteiger partial charge in [0.05, 0.1) is 0 Å². The van der Waals surface area contributed by atoms with Crippen LogP contribution in [-0.4, -0.2) is 62.7 Å². The van der Waals surface area contributed by atoms with E-state index < -0.39 is 0 Å². The summed E-state index contributed by atoms with van der Waals surface area (Å²) < 4.78 is 0. The lowest BCUT2D eigenvalue weighted by Gasteiger charge is -2.26. The van der Waals surface area contributed by atoms with Gasteiger partial charge in [0, 0.05) is 6.04 Å². The molecule has 0 unspecified atom stereocenters. The first kappa shape index (κ1) is 15.9. The molecule has 0 aromatic rings. The van der Waals surface area contributed by atoms with Gasteiger partial charge in [0.1, 0.15) is 0 Å². The first-order chi connectivity index (χ1) is 7.61. The normalized spacial score (nSPS) is 12.0. The molecule has 1 N–H and O–H groups in total. The molecule has 0 aliphatic rings. The molecule has 98 valence electrons. The summed E-state index contributed by atoms with van der Waals surface area (Å²) in [4.78, 5) is 4.97. The molecule has 0 aliphatic carbocycles. The largest absolute Gasteiger partial charge is 0.320 e. The zero-order chi connectivity index (χ0) is 12.4. The Labute approximate surface area is 102 Å². The van der Waals surface area contributed by atoms with Gasteiger partial charge in [-0.2, -0.15) is 0 Å². The Balaban J connectivity index is 3.48. The van der Waals surface area contributed by atoms with Crippen molar-refractivity contribution in [1.82, 2.24) is 15.1 Å². The molecule has 0 bridgehead atoms. The average Bonchev–Trinajstić information content (AvgIpc) is 2.24. The van der Waals surface area contributed by atoms with Crippen LogP contribution >= 0.6 is 0 Å². The SMILES string of the molecule is CCN(CCCN(C)CCCNC)C(C)C. The Bertz CT molecular complexity index is 148. The molecular formula is C13H31N3. The van der Waals surface area contributed by atoms with E-state index in [9.17, 15) is 0 Å². The molecule has 0 saturated carbocycles. The van der Waals surface area contributed by atoms with E-state index in [-0.39, 0.29) is 0 Å². The molecule has 0 rings (SSSR count). The maximum absolute atomic E-state index is 3.19. The van der Waals surface area contributed by atoms with Crippen molar-refractivity contribution >= 4 is 0 Å². The molecular weight excluding hydrogens is 198 g/mol. The van der Waals surface area contributed by atoms with Gasteiger partial charge in [-0.3, -0.25) is 0 Å². The van der Waals surface area contributed by atoms with Crippen LogP contribution in [0.5, 0.6) is 0 Å². The molecule has 0 atom stereocenters. The van der Waals surface area contributed by atoms with Crippen LogP contribution in [0.2, 0.25) is 0 Å². The summed E-state index contributed by atoms with van der Waals surface area (Å²) in [5.74, 6) is 0. The topological polar surface area (TPSA) is 18.5 Å². The van der Waals surface area contributed by atoms with Crippen LogP contribution in [0.4, 0.5) is 0 Å². The van der Waals surface area contributed by atoms with E-state index in [1.165, 1.54) is 39.0 Å². The maximum Gasteiger partial charge on any atom is 0.00384 e. The molecule has 0 saturated heterocycles. The second kappa shape index (κ2) is 10.1. The molecule has 0 amide bonds. The highest BCUT2D eigenvalue weighted by molar-refractivity contribution is 4.62. The number of nitrogens with zero attached hydrogens (tertiary/aromatic N) is 2. The lowest BCUT2D eigenvalue weighted by Crippen LogP contribution is -2.33. The summed E-state index contributed by atoms with van der Waals surface area (Å²) in [6.07, 6.45) is 2.52. The molecule has 16 heavy (non-hydrogen) atoms. The highest BCUT2D eigenvalue weighted by Gasteiger charge is 2.06. The third-order valence-corrected chi connectivity index (χ3v) is 3.09. The molecule has 0 aliphatic heterocycles. The van der Waals surface area contributed by atoms with Crippen molar-refractivity contribution in [2.45, 2.75) is 39.7 Å². The Hall–Kier alpha value is -0.120. The van der Waals surface area contributed by atoms with Crippen LogP contribution in [0.25, 0.3) is 0 Å². The minimum atomic E-state index is 0.680. The van der Waals surface area contributed by atoms with Crippen molar-refractivity contribution in [3.8, 4) is 0 Å². The van der Waals surface area contributed by atoms with Crippen molar-refractivity contribution in [2.24, 2.45) is 0 Å². The van der Waals surface area contributed by atoms with Gasteiger partial charge >= 0.3 is 0 Å². The smallest absolute Gasteiger partial charge is 0.00384 e. The molecule has 0 aromatic carbocycles. The van der Waals surface area contributed by atoms with Crippen LogP contribution in [0, 0.1) is 0 Å². The number of nitrogens with one attached hydrogen (secondary N) is 1. The summed E-state index contributed by atoms with van der Waals surface area (Å²) in [5, 5.41) is 3.19. The number of rotatable bonds is 10. The first-order valence-electron chi connectivity index (χ1n) is 6.69. The Morgan fingerprint density at radius 1 is 1.06 bits per heavy atom. The summed E-state index contributed by atoms with van der Waals surface area (Å²) >= 11 is 0. The minimum Gasteiger partial charge on any atom is -0.320 e. The molecule has 0 radical (unpaired) electrons. The van der Waals surface area contributed by atoms with Crippen LogP contribution in [0.3, 0.4) is 0 Å². The summed E-state index contributed by atoms with van der Waals surface area (Å²) in [7, 11) is 4.24. The maximum atomic E-state index is 3.19. The Kier molecular flexibility index (Phi) is 9.99. The van der Waals surface area contributed by atoms with Crippen LogP contribution in [-0.2, 0) is 0 Å². The van der Waals surface area contributed by atoms with E-state index in [2.05, 4.69) is 42.9 Å². The van der Waals surface area contributed by atoms with Crippen molar-refractivity contribution in [2.75, 3.05) is 46.8 Å². The van der Waals surface area contributed by atoms with E-state index in [0.29, 0.717) is 6.04 Å². The molecule has 0 aromatic heterocycles. The van der Waals surface area contributed by atoms with Crippen LogP contribution < -0.4 is 5.32 Å². The summed E-state index contributed by atoms with van der Waals surface area (Å²) in [6.45, 7) is 12.7.